The maximum Gasteiger partial charge on any atom is 0.173 e. The molecule has 0 radical (unpaired) electrons. The van der Waals surface area contributed by atoms with E-state index in [2.05, 4.69) is 54.3 Å². The number of anilines is 1. The first-order chi connectivity index (χ1) is 16.8. The van der Waals surface area contributed by atoms with Crippen LogP contribution in [-0.4, -0.2) is 65.5 Å². The van der Waals surface area contributed by atoms with Crippen molar-refractivity contribution in [2.75, 3.05) is 45.3 Å². The molecule has 1 aromatic heterocycles. The van der Waals surface area contributed by atoms with Crippen LogP contribution in [0.15, 0.2) is 48.5 Å². The van der Waals surface area contributed by atoms with Crippen LogP contribution in [0.4, 0.5) is 5.69 Å². The van der Waals surface area contributed by atoms with Gasteiger partial charge in [0, 0.05) is 31.9 Å². The summed E-state index contributed by atoms with van der Waals surface area (Å²) in [4.78, 5) is 4.96. The number of aromatic nitrogens is 4. The minimum absolute atomic E-state index is 0.0147. The Morgan fingerprint density at radius 3 is 2.03 bits per heavy atom. The summed E-state index contributed by atoms with van der Waals surface area (Å²) in [6.45, 7) is 3.76. The second-order valence-corrected chi connectivity index (χ2v) is 9.17. The van der Waals surface area contributed by atoms with Crippen molar-refractivity contribution in [3.63, 3.8) is 0 Å². The molecule has 2 heterocycles. The van der Waals surface area contributed by atoms with Crippen LogP contribution in [0.25, 0.3) is 0 Å². The van der Waals surface area contributed by atoms with Gasteiger partial charge in [0.25, 0.3) is 0 Å². The fourth-order valence-corrected chi connectivity index (χ4v) is 5.31. The molecule has 2 fully saturated rings. The quantitative estimate of drug-likeness (QED) is 0.523. The first-order valence-corrected chi connectivity index (χ1v) is 12.3. The number of hydrogen-bond acceptors (Lipinski definition) is 7. The molecular formula is C26H34N6O2. The molecule has 8 heteroatoms. The highest BCUT2D eigenvalue weighted by molar-refractivity contribution is 5.49. The fraction of sp³-hybridized carbons (Fsp3) is 0.500. The molecule has 2 aromatic carbocycles. The van der Waals surface area contributed by atoms with Gasteiger partial charge in [-0.15, -0.1) is 5.10 Å². The molecule has 3 aromatic rings. The minimum atomic E-state index is 0.0147. The Morgan fingerprint density at radius 2 is 1.41 bits per heavy atom. The summed E-state index contributed by atoms with van der Waals surface area (Å²) in [7, 11) is 3.41. The topological polar surface area (TPSA) is 68.5 Å². The van der Waals surface area contributed by atoms with Crippen LogP contribution in [0.1, 0.15) is 55.6 Å². The molecule has 1 aliphatic heterocycles. The molecular weight excluding hydrogens is 428 g/mol. The van der Waals surface area contributed by atoms with Crippen molar-refractivity contribution in [2.45, 2.75) is 44.2 Å². The second kappa shape index (κ2) is 10.4. The first-order valence-electron chi connectivity index (χ1n) is 12.3. The molecule has 180 valence electrons. The maximum atomic E-state index is 5.41. The Bertz CT molecular complexity index is 1040. The fourth-order valence-electron chi connectivity index (χ4n) is 5.31. The number of nitrogens with zero attached hydrogens (tertiary/aromatic N) is 6. The van der Waals surface area contributed by atoms with Gasteiger partial charge in [-0.1, -0.05) is 31.4 Å². The van der Waals surface area contributed by atoms with Gasteiger partial charge >= 0.3 is 0 Å². The summed E-state index contributed by atoms with van der Waals surface area (Å²) in [5.74, 6) is 2.70. The van der Waals surface area contributed by atoms with Gasteiger partial charge in [-0.25, -0.2) is 4.68 Å². The summed E-state index contributed by atoms with van der Waals surface area (Å²) in [5, 5.41) is 13.2. The average Bonchev–Trinajstić information content (AvgIpc) is 3.40. The zero-order valence-electron chi connectivity index (χ0n) is 20.1. The summed E-state index contributed by atoms with van der Waals surface area (Å²) < 4.78 is 12.8. The van der Waals surface area contributed by atoms with E-state index in [1.54, 1.807) is 14.2 Å². The zero-order valence-corrected chi connectivity index (χ0v) is 20.1. The number of piperazine rings is 1. The maximum absolute atomic E-state index is 5.41. The summed E-state index contributed by atoms with van der Waals surface area (Å²) in [5.41, 5.74) is 2.43. The molecule has 2 aliphatic rings. The molecule has 5 rings (SSSR count). The molecule has 0 bridgehead atoms. The Balaban J connectivity index is 1.40. The summed E-state index contributed by atoms with van der Waals surface area (Å²) in [6, 6.07) is 17.1. The number of hydrogen-bond donors (Lipinski definition) is 0. The van der Waals surface area contributed by atoms with Crippen molar-refractivity contribution < 1.29 is 9.47 Å². The highest BCUT2D eigenvalue weighted by atomic mass is 16.5. The lowest BCUT2D eigenvalue weighted by Gasteiger charge is -2.40. The largest absolute Gasteiger partial charge is 0.497 e. The van der Waals surface area contributed by atoms with E-state index in [-0.39, 0.29) is 6.04 Å². The van der Waals surface area contributed by atoms with Crippen LogP contribution < -0.4 is 14.4 Å². The number of benzene rings is 2. The smallest absolute Gasteiger partial charge is 0.173 e. The van der Waals surface area contributed by atoms with Crippen molar-refractivity contribution in [3.05, 3.63) is 59.9 Å². The van der Waals surface area contributed by atoms with Crippen LogP contribution in [0, 0.1) is 0 Å². The van der Waals surface area contributed by atoms with E-state index in [1.807, 2.05) is 24.3 Å². The normalized spacial score (nSPS) is 18.6. The summed E-state index contributed by atoms with van der Waals surface area (Å²) in [6.07, 6.45) is 6.11. The lowest BCUT2D eigenvalue weighted by molar-refractivity contribution is 0.193. The van der Waals surface area contributed by atoms with Gasteiger partial charge in [0.2, 0.25) is 0 Å². The molecule has 1 saturated carbocycles. The van der Waals surface area contributed by atoms with Gasteiger partial charge in [0.05, 0.1) is 26.3 Å². The second-order valence-electron chi connectivity index (χ2n) is 9.17. The van der Waals surface area contributed by atoms with E-state index in [0.717, 1.165) is 56.3 Å². The van der Waals surface area contributed by atoms with E-state index in [0.29, 0.717) is 6.04 Å². The van der Waals surface area contributed by atoms with Crippen LogP contribution in [0.5, 0.6) is 11.5 Å². The average molecular weight is 463 g/mol. The Morgan fingerprint density at radius 1 is 0.794 bits per heavy atom. The van der Waals surface area contributed by atoms with Gasteiger partial charge in [-0.05, 0) is 65.2 Å². The Labute approximate surface area is 201 Å². The van der Waals surface area contributed by atoms with Crippen molar-refractivity contribution in [3.8, 4) is 11.5 Å². The third kappa shape index (κ3) is 4.73. The van der Waals surface area contributed by atoms with Crippen molar-refractivity contribution >= 4 is 5.69 Å². The highest BCUT2D eigenvalue weighted by Crippen LogP contribution is 2.34. The third-order valence-electron chi connectivity index (χ3n) is 7.23. The minimum Gasteiger partial charge on any atom is -0.497 e. The molecule has 0 N–H and O–H groups in total. The van der Waals surface area contributed by atoms with Gasteiger partial charge in [-0.2, -0.15) is 0 Å². The van der Waals surface area contributed by atoms with E-state index in [4.69, 9.17) is 9.47 Å². The van der Waals surface area contributed by atoms with Crippen molar-refractivity contribution in [1.29, 1.82) is 0 Å². The van der Waals surface area contributed by atoms with Gasteiger partial charge in [0.1, 0.15) is 11.5 Å². The van der Waals surface area contributed by atoms with Gasteiger partial charge < -0.3 is 14.4 Å². The molecule has 8 nitrogen and oxygen atoms in total. The van der Waals surface area contributed by atoms with E-state index < -0.39 is 0 Å². The van der Waals surface area contributed by atoms with Crippen molar-refractivity contribution in [1.82, 2.24) is 25.1 Å². The Hall–Kier alpha value is -3.13. The monoisotopic (exact) mass is 462 g/mol. The zero-order chi connectivity index (χ0) is 23.3. The van der Waals surface area contributed by atoms with E-state index in [1.165, 1.54) is 30.5 Å². The molecule has 0 amide bonds. The molecule has 1 atom stereocenters. The SMILES string of the molecule is COc1ccc([C@H](c2nnnn2C2CCCCC2)N2CCN(c3ccc(OC)cc3)CC2)cc1. The lowest BCUT2D eigenvalue weighted by Crippen LogP contribution is -2.48. The summed E-state index contributed by atoms with van der Waals surface area (Å²) >= 11 is 0. The van der Waals surface area contributed by atoms with Crippen LogP contribution in [0.2, 0.25) is 0 Å². The standard InChI is InChI=1S/C26H34N6O2/c1-33-23-12-8-20(9-13-23)25(26-27-28-29-32(26)22-6-4-3-5-7-22)31-18-16-30(17-19-31)21-10-14-24(34-2)15-11-21/h8-15,22,25H,3-7,16-19H2,1-2H3/t25-/m1/s1. The predicted octanol–water partition coefficient (Wildman–Crippen LogP) is 4.11. The number of rotatable bonds is 7. The van der Waals surface area contributed by atoms with Crippen LogP contribution in [0.3, 0.4) is 0 Å². The van der Waals surface area contributed by atoms with E-state index in [9.17, 15) is 0 Å². The number of methoxy groups -OCH3 is 2. The van der Waals surface area contributed by atoms with Crippen LogP contribution >= 0.6 is 0 Å². The number of tetrazole rings is 1. The van der Waals surface area contributed by atoms with Crippen molar-refractivity contribution in [2.24, 2.45) is 0 Å². The molecule has 0 unspecified atom stereocenters. The molecule has 34 heavy (non-hydrogen) atoms. The highest BCUT2D eigenvalue weighted by Gasteiger charge is 2.32. The van der Waals surface area contributed by atoms with E-state index >= 15 is 0 Å². The lowest BCUT2D eigenvalue weighted by atomic mass is 9.95. The first kappa shape index (κ1) is 22.7. The molecule has 0 spiro atoms. The molecule has 1 saturated heterocycles. The predicted molar refractivity (Wildman–Crippen MR) is 132 cm³/mol. The van der Waals surface area contributed by atoms with Gasteiger partial charge in [-0.3, -0.25) is 4.90 Å². The Kier molecular flexibility index (Phi) is 6.94. The number of ether oxygens (including phenoxy) is 2. The molecule has 1 aliphatic carbocycles. The third-order valence-corrected chi connectivity index (χ3v) is 7.23. The van der Waals surface area contributed by atoms with Crippen LogP contribution in [-0.2, 0) is 0 Å². The van der Waals surface area contributed by atoms with Gasteiger partial charge in [0.15, 0.2) is 5.82 Å².